The van der Waals surface area contributed by atoms with E-state index >= 15 is 0 Å². The van der Waals surface area contributed by atoms with Gasteiger partial charge in [-0.1, -0.05) is 43.3 Å². The summed E-state index contributed by atoms with van der Waals surface area (Å²) in [5.41, 5.74) is 1.25. The van der Waals surface area contributed by atoms with Gasteiger partial charge in [-0.15, -0.1) is 0 Å². The quantitative estimate of drug-likeness (QED) is 0.845. The molecule has 0 bridgehead atoms. The summed E-state index contributed by atoms with van der Waals surface area (Å²) in [6, 6.07) is 15.1. The zero-order chi connectivity index (χ0) is 13.0. The van der Waals surface area contributed by atoms with Crippen LogP contribution in [-0.4, -0.2) is 18.8 Å². The SMILES string of the molecule is CCC(CO)C(NC)c1ccc2ccccc2c1. The number of rotatable bonds is 5. The van der Waals surface area contributed by atoms with Crippen LogP contribution >= 0.6 is 0 Å². The molecule has 2 nitrogen and oxygen atoms in total. The van der Waals surface area contributed by atoms with Gasteiger partial charge in [-0.25, -0.2) is 0 Å². The van der Waals surface area contributed by atoms with E-state index in [0.717, 1.165) is 6.42 Å². The number of aliphatic hydroxyl groups excluding tert-OH is 1. The van der Waals surface area contributed by atoms with Gasteiger partial charge in [0.25, 0.3) is 0 Å². The number of hydrogen-bond donors (Lipinski definition) is 2. The Morgan fingerprint density at radius 2 is 1.83 bits per heavy atom. The Bertz CT molecular complexity index is 505. The van der Waals surface area contributed by atoms with Gasteiger partial charge in [0.2, 0.25) is 0 Å². The average molecular weight is 243 g/mol. The van der Waals surface area contributed by atoms with Gasteiger partial charge < -0.3 is 10.4 Å². The van der Waals surface area contributed by atoms with E-state index in [1.54, 1.807) is 0 Å². The molecule has 0 saturated carbocycles. The van der Waals surface area contributed by atoms with E-state index in [1.165, 1.54) is 16.3 Å². The molecule has 0 aliphatic carbocycles. The van der Waals surface area contributed by atoms with E-state index in [4.69, 9.17) is 0 Å². The predicted octanol–water partition coefficient (Wildman–Crippen LogP) is 3.12. The topological polar surface area (TPSA) is 32.3 Å². The summed E-state index contributed by atoms with van der Waals surface area (Å²) in [6.07, 6.45) is 0.967. The second kappa shape index (κ2) is 5.98. The highest BCUT2D eigenvalue weighted by Gasteiger charge is 2.19. The standard InChI is InChI=1S/C16H21NO/c1-3-12(11-18)16(17-2)15-9-8-13-6-4-5-7-14(13)10-15/h4-10,12,16-18H,3,11H2,1-2H3. The largest absolute Gasteiger partial charge is 0.396 e. The summed E-state index contributed by atoms with van der Waals surface area (Å²) in [7, 11) is 1.96. The fourth-order valence-electron chi connectivity index (χ4n) is 2.55. The van der Waals surface area contributed by atoms with Crippen molar-refractivity contribution >= 4 is 10.8 Å². The molecule has 0 spiro atoms. The summed E-state index contributed by atoms with van der Waals surface area (Å²) >= 11 is 0. The van der Waals surface area contributed by atoms with Gasteiger partial charge in [0, 0.05) is 18.6 Å². The third kappa shape index (κ3) is 2.55. The van der Waals surface area contributed by atoms with Crippen LogP contribution in [0.3, 0.4) is 0 Å². The van der Waals surface area contributed by atoms with Crippen LogP contribution in [0.2, 0.25) is 0 Å². The molecule has 0 saturated heterocycles. The molecule has 0 amide bonds. The lowest BCUT2D eigenvalue weighted by molar-refractivity contribution is 0.189. The smallest absolute Gasteiger partial charge is 0.0477 e. The molecule has 2 atom stereocenters. The van der Waals surface area contributed by atoms with E-state index in [9.17, 15) is 5.11 Å². The lowest BCUT2D eigenvalue weighted by atomic mass is 9.90. The molecule has 0 aromatic heterocycles. The van der Waals surface area contributed by atoms with Crippen molar-refractivity contribution in [1.29, 1.82) is 0 Å². The Morgan fingerprint density at radius 1 is 1.11 bits per heavy atom. The molecule has 96 valence electrons. The van der Waals surface area contributed by atoms with Crippen molar-refractivity contribution in [2.75, 3.05) is 13.7 Å². The van der Waals surface area contributed by atoms with E-state index in [-0.39, 0.29) is 18.6 Å². The second-order valence-electron chi connectivity index (χ2n) is 4.72. The first-order valence-corrected chi connectivity index (χ1v) is 6.57. The maximum absolute atomic E-state index is 9.46. The van der Waals surface area contributed by atoms with Gasteiger partial charge in [0.15, 0.2) is 0 Å². The van der Waals surface area contributed by atoms with Crippen LogP contribution in [0.5, 0.6) is 0 Å². The minimum absolute atomic E-state index is 0.213. The van der Waals surface area contributed by atoms with Crippen LogP contribution < -0.4 is 5.32 Å². The van der Waals surface area contributed by atoms with Crippen molar-refractivity contribution in [1.82, 2.24) is 5.32 Å². The van der Waals surface area contributed by atoms with Crippen LogP contribution in [0.1, 0.15) is 24.9 Å². The Kier molecular flexibility index (Phi) is 4.34. The Hall–Kier alpha value is -1.38. The van der Waals surface area contributed by atoms with Crippen LogP contribution in [0, 0.1) is 5.92 Å². The normalized spacial score (nSPS) is 14.6. The van der Waals surface area contributed by atoms with E-state index in [0.29, 0.717) is 0 Å². The molecule has 2 aromatic carbocycles. The predicted molar refractivity (Wildman–Crippen MR) is 76.6 cm³/mol. The van der Waals surface area contributed by atoms with Gasteiger partial charge in [-0.05, 0) is 35.9 Å². The third-order valence-electron chi connectivity index (χ3n) is 3.67. The van der Waals surface area contributed by atoms with Crippen molar-refractivity contribution in [3.63, 3.8) is 0 Å². The third-order valence-corrected chi connectivity index (χ3v) is 3.67. The zero-order valence-corrected chi connectivity index (χ0v) is 11.1. The first kappa shape index (κ1) is 13.1. The Labute approximate surface area is 109 Å². The number of aliphatic hydroxyl groups is 1. The molecule has 0 fully saturated rings. The second-order valence-corrected chi connectivity index (χ2v) is 4.72. The van der Waals surface area contributed by atoms with Gasteiger partial charge in [-0.2, -0.15) is 0 Å². The molecule has 18 heavy (non-hydrogen) atoms. The van der Waals surface area contributed by atoms with Crippen LogP contribution in [0.15, 0.2) is 42.5 Å². The lowest BCUT2D eigenvalue weighted by Crippen LogP contribution is -2.27. The fraction of sp³-hybridized carbons (Fsp3) is 0.375. The molecule has 2 unspecified atom stereocenters. The van der Waals surface area contributed by atoms with Crippen molar-refractivity contribution in [3.05, 3.63) is 48.0 Å². The number of fused-ring (bicyclic) bond motifs is 1. The number of hydrogen-bond acceptors (Lipinski definition) is 2. The van der Waals surface area contributed by atoms with Crippen molar-refractivity contribution in [3.8, 4) is 0 Å². The average Bonchev–Trinajstić information content (AvgIpc) is 2.44. The molecule has 0 aliphatic heterocycles. The Balaban J connectivity index is 2.39. The highest BCUT2D eigenvalue weighted by atomic mass is 16.3. The highest BCUT2D eigenvalue weighted by Crippen LogP contribution is 2.27. The van der Waals surface area contributed by atoms with E-state index in [2.05, 4.69) is 54.7 Å². The van der Waals surface area contributed by atoms with Crippen molar-refractivity contribution < 1.29 is 5.11 Å². The summed E-state index contributed by atoms with van der Waals surface area (Å²) < 4.78 is 0. The van der Waals surface area contributed by atoms with Crippen LogP contribution in [0.4, 0.5) is 0 Å². The minimum Gasteiger partial charge on any atom is -0.396 e. The molecule has 2 aromatic rings. The van der Waals surface area contributed by atoms with Crippen molar-refractivity contribution in [2.45, 2.75) is 19.4 Å². The summed E-state index contributed by atoms with van der Waals surface area (Å²) in [6.45, 7) is 2.33. The summed E-state index contributed by atoms with van der Waals surface area (Å²) in [5.74, 6) is 0.260. The molecular weight excluding hydrogens is 222 g/mol. The highest BCUT2D eigenvalue weighted by molar-refractivity contribution is 5.83. The molecule has 0 heterocycles. The summed E-state index contributed by atoms with van der Waals surface area (Å²) in [4.78, 5) is 0. The zero-order valence-electron chi connectivity index (χ0n) is 11.1. The fourth-order valence-corrected chi connectivity index (χ4v) is 2.55. The minimum atomic E-state index is 0.213. The van der Waals surface area contributed by atoms with Crippen LogP contribution in [-0.2, 0) is 0 Å². The van der Waals surface area contributed by atoms with Gasteiger partial charge in [-0.3, -0.25) is 0 Å². The Morgan fingerprint density at radius 3 is 2.44 bits per heavy atom. The molecule has 2 heteroatoms. The van der Waals surface area contributed by atoms with E-state index in [1.807, 2.05) is 7.05 Å². The maximum atomic E-state index is 9.46. The maximum Gasteiger partial charge on any atom is 0.0477 e. The first-order chi connectivity index (χ1) is 8.80. The lowest BCUT2D eigenvalue weighted by Gasteiger charge is -2.25. The molecule has 0 aliphatic rings. The molecule has 2 rings (SSSR count). The molecular formula is C16H21NO. The number of nitrogens with one attached hydrogen (secondary N) is 1. The molecule has 2 N–H and O–H groups in total. The van der Waals surface area contributed by atoms with Gasteiger partial charge >= 0.3 is 0 Å². The summed E-state index contributed by atoms with van der Waals surface area (Å²) in [5, 5.41) is 15.3. The van der Waals surface area contributed by atoms with Crippen LogP contribution in [0.25, 0.3) is 10.8 Å². The van der Waals surface area contributed by atoms with Gasteiger partial charge in [0.1, 0.15) is 0 Å². The van der Waals surface area contributed by atoms with Crippen molar-refractivity contribution in [2.24, 2.45) is 5.92 Å². The van der Waals surface area contributed by atoms with E-state index < -0.39 is 0 Å². The van der Waals surface area contributed by atoms with Gasteiger partial charge in [0.05, 0.1) is 0 Å². The number of benzene rings is 2. The molecule has 0 radical (unpaired) electrons. The monoisotopic (exact) mass is 243 g/mol. The first-order valence-electron chi connectivity index (χ1n) is 6.57.